The maximum atomic E-state index is 12.8. The molecule has 0 radical (unpaired) electrons. The molecule has 1 N–H and O–H groups in total. The van der Waals surface area contributed by atoms with E-state index in [2.05, 4.69) is 25.4 Å². The lowest BCUT2D eigenvalue weighted by atomic mass is 10.2. The van der Waals surface area contributed by atoms with Crippen LogP contribution < -0.4 is 14.8 Å². The van der Waals surface area contributed by atoms with Crippen molar-refractivity contribution in [3.8, 4) is 11.5 Å². The van der Waals surface area contributed by atoms with E-state index in [1.165, 1.54) is 5.32 Å². The van der Waals surface area contributed by atoms with Gasteiger partial charge in [-0.25, -0.2) is 0 Å². The molecule has 0 fully saturated rings. The van der Waals surface area contributed by atoms with Crippen molar-refractivity contribution >= 4 is 27.5 Å². The van der Waals surface area contributed by atoms with Crippen LogP contribution in [0.3, 0.4) is 0 Å². The maximum Gasteiger partial charge on any atom is 0.586 e. The van der Waals surface area contributed by atoms with Crippen LogP contribution in [0.4, 0.5) is 27.6 Å². The molecule has 1 aromatic rings. The Bertz CT molecular complexity index is 545. The Hall–Kier alpha value is -1.58. The summed E-state index contributed by atoms with van der Waals surface area (Å²) in [5, 5.41) is 1.52. The number of hydrogen-bond acceptors (Lipinski definition) is 3. The van der Waals surface area contributed by atoms with E-state index in [1.807, 2.05) is 0 Å². The van der Waals surface area contributed by atoms with Gasteiger partial charge < -0.3 is 14.8 Å². The van der Waals surface area contributed by atoms with Gasteiger partial charge in [0.2, 0.25) is 0 Å². The van der Waals surface area contributed by atoms with Crippen molar-refractivity contribution in [3.63, 3.8) is 0 Å². The second kappa shape index (κ2) is 4.22. The highest BCUT2D eigenvalue weighted by Gasteiger charge is 2.45. The zero-order valence-electron chi connectivity index (χ0n) is 8.65. The van der Waals surface area contributed by atoms with Crippen LogP contribution in [0.15, 0.2) is 16.6 Å². The number of carbonyl (C=O) groups is 1. The highest BCUT2D eigenvalue weighted by molar-refractivity contribution is 9.10. The Morgan fingerprint density at radius 1 is 1.26 bits per heavy atom. The van der Waals surface area contributed by atoms with E-state index in [0.717, 1.165) is 12.1 Å². The first-order valence-electron chi connectivity index (χ1n) is 4.57. The number of rotatable bonds is 1. The van der Waals surface area contributed by atoms with Gasteiger partial charge in [0.05, 0.1) is 10.2 Å². The molecule has 19 heavy (non-hydrogen) atoms. The number of hydrogen-bond donors (Lipinski definition) is 1. The Morgan fingerprint density at radius 2 is 1.89 bits per heavy atom. The molecule has 0 spiro atoms. The highest BCUT2D eigenvalue weighted by atomic mass is 79.9. The number of carbonyl (C=O) groups excluding carboxylic acids is 1. The molecule has 0 saturated carbocycles. The SMILES string of the molecule is O=C(Nc1ccc2c(c1Br)OC(F)(F)O2)C(F)(F)F. The van der Waals surface area contributed by atoms with E-state index in [-0.39, 0.29) is 15.9 Å². The minimum absolute atomic E-state index is 0.278. The molecule has 0 atom stereocenters. The van der Waals surface area contributed by atoms with Gasteiger partial charge in [0.25, 0.3) is 0 Å². The van der Waals surface area contributed by atoms with Crippen LogP contribution >= 0.6 is 15.9 Å². The van der Waals surface area contributed by atoms with Crippen LogP contribution in [0.2, 0.25) is 0 Å². The van der Waals surface area contributed by atoms with Gasteiger partial charge in [0, 0.05) is 0 Å². The lowest BCUT2D eigenvalue weighted by molar-refractivity contribution is -0.286. The number of nitrogens with one attached hydrogen (secondary N) is 1. The first-order valence-corrected chi connectivity index (χ1v) is 5.36. The van der Waals surface area contributed by atoms with E-state index in [9.17, 15) is 26.7 Å². The summed E-state index contributed by atoms with van der Waals surface area (Å²) in [5.41, 5.74) is -0.373. The number of halogens is 6. The van der Waals surface area contributed by atoms with Crippen molar-refractivity contribution in [1.29, 1.82) is 0 Å². The zero-order valence-corrected chi connectivity index (χ0v) is 10.2. The number of fused-ring (bicyclic) bond motifs is 1. The van der Waals surface area contributed by atoms with E-state index in [0.29, 0.717) is 0 Å². The number of ether oxygens (including phenoxy) is 2. The van der Waals surface area contributed by atoms with Crippen molar-refractivity contribution in [3.05, 3.63) is 16.6 Å². The second-order valence-corrected chi connectivity index (χ2v) is 4.17. The summed E-state index contributed by atoms with van der Waals surface area (Å²) in [5.74, 6) is -3.09. The first kappa shape index (κ1) is 13.8. The predicted molar refractivity (Wildman–Crippen MR) is 55.0 cm³/mol. The van der Waals surface area contributed by atoms with Crippen LogP contribution in [-0.4, -0.2) is 18.4 Å². The van der Waals surface area contributed by atoms with Gasteiger partial charge >= 0.3 is 18.4 Å². The monoisotopic (exact) mass is 347 g/mol. The molecule has 1 heterocycles. The first-order chi connectivity index (χ1) is 8.60. The largest absolute Gasteiger partial charge is 0.586 e. The molecule has 0 aromatic heterocycles. The molecular weight excluding hydrogens is 345 g/mol. The Labute approximate surface area is 110 Å². The predicted octanol–water partition coefficient (Wildman–Crippen LogP) is 3.27. The summed E-state index contributed by atoms with van der Waals surface area (Å²) < 4.78 is 69.6. The van der Waals surface area contributed by atoms with Crippen molar-refractivity contribution < 1.29 is 36.2 Å². The minimum atomic E-state index is -5.10. The molecule has 4 nitrogen and oxygen atoms in total. The van der Waals surface area contributed by atoms with Crippen molar-refractivity contribution in [2.24, 2.45) is 0 Å². The number of alkyl halides is 5. The summed E-state index contributed by atoms with van der Waals surface area (Å²) in [6.45, 7) is 0. The lowest BCUT2D eigenvalue weighted by Crippen LogP contribution is -2.30. The van der Waals surface area contributed by atoms with E-state index in [1.54, 1.807) is 0 Å². The number of anilines is 1. The van der Waals surface area contributed by atoms with Gasteiger partial charge in [-0.1, -0.05) is 0 Å². The lowest BCUT2D eigenvalue weighted by Gasteiger charge is -2.10. The van der Waals surface area contributed by atoms with Crippen LogP contribution in [0, 0.1) is 0 Å². The maximum absolute atomic E-state index is 12.8. The van der Waals surface area contributed by atoms with Crippen LogP contribution in [-0.2, 0) is 4.79 Å². The summed E-state index contributed by atoms with van der Waals surface area (Å²) in [6.07, 6.45) is -9.00. The molecule has 0 aliphatic carbocycles. The van der Waals surface area contributed by atoms with E-state index in [4.69, 9.17) is 0 Å². The molecule has 0 unspecified atom stereocenters. The average Bonchev–Trinajstić information content (AvgIpc) is 2.56. The third kappa shape index (κ3) is 2.72. The molecule has 1 aliphatic heterocycles. The number of benzene rings is 1. The third-order valence-corrected chi connectivity index (χ3v) is 2.80. The van der Waals surface area contributed by atoms with Gasteiger partial charge in [-0.3, -0.25) is 4.79 Å². The van der Waals surface area contributed by atoms with Crippen molar-refractivity contribution in [2.45, 2.75) is 12.5 Å². The summed E-state index contributed by atoms with van der Waals surface area (Å²) >= 11 is 2.76. The molecule has 1 aliphatic rings. The average molecular weight is 348 g/mol. The van der Waals surface area contributed by atoms with Gasteiger partial charge in [0.15, 0.2) is 11.5 Å². The minimum Gasteiger partial charge on any atom is -0.395 e. The summed E-state index contributed by atoms with van der Waals surface area (Å²) in [6, 6.07) is 1.92. The standard InChI is InChI=1S/C9H3BrF5NO3/c10-5-3(16-7(17)8(11,12)13)1-2-4-6(5)19-9(14,15)18-4/h1-2H,(H,16,17). The normalized spacial score (nSPS) is 16.3. The molecule has 1 aromatic carbocycles. The zero-order chi connectivity index (χ0) is 14.4. The number of amides is 1. The van der Waals surface area contributed by atoms with Crippen LogP contribution in [0.1, 0.15) is 0 Å². The molecule has 10 heteroatoms. The third-order valence-electron chi connectivity index (χ3n) is 2.02. The van der Waals surface area contributed by atoms with Crippen molar-refractivity contribution in [1.82, 2.24) is 0 Å². The summed E-state index contributed by atoms with van der Waals surface area (Å²) in [7, 11) is 0. The highest BCUT2D eigenvalue weighted by Crippen LogP contribution is 2.48. The fraction of sp³-hybridized carbons (Fsp3) is 0.222. The van der Waals surface area contributed by atoms with Crippen molar-refractivity contribution in [2.75, 3.05) is 5.32 Å². The van der Waals surface area contributed by atoms with Gasteiger partial charge in [-0.2, -0.15) is 13.2 Å². The Kier molecular flexibility index (Phi) is 3.07. The quantitative estimate of drug-likeness (QED) is 0.793. The van der Waals surface area contributed by atoms with Gasteiger partial charge in [0.1, 0.15) is 0 Å². The molecular formula is C9H3BrF5NO3. The topological polar surface area (TPSA) is 47.6 Å². The van der Waals surface area contributed by atoms with Crippen LogP contribution in [0.25, 0.3) is 0 Å². The molecule has 1 amide bonds. The smallest absolute Gasteiger partial charge is 0.395 e. The van der Waals surface area contributed by atoms with Gasteiger partial charge in [-0.05, 0) is 28.1 Å². The fourth-order valence-corrected chi connectivity index (χ4v) is 1.78. The van der Waals surface area contributed by atoms with Gasteiger partial charge in [-0.15, -0.1) is 8.78 Å². The molecule has 0 bridgehead atoms. The molecule has 2 rings (SSSR count). The Morgan fingerprint density at radius 3 is 2.47 bits per heavy atom. The molecule has 104 valence electrons. The van der Waals surface area contributed by atoms with Crippen LogP contribution in [0.5, 0.6) is 11.5 Å². The Balaban J connectivity index is 2.30. The molecule has 0 saturated heterocycles. The second-order valence-electron chi connectivity index (χ2n) is 3.37. The van der Waals surface area contributed by atoms with E-state index < -0.39 is 24.1 Å². The van der Waals surface area contributed by atoms with E-state index >= 15 is 0 Å². The summed E-state index contributed by atoms with van der Waals surface area (Å²) in [4.78, 5) is 10.7. The fourth-order valence-electron chi connectivity index (χ4n) is 1.27.